The second-order valence-corrected chi connectivity index (χ2v) is 2.44. The van der Waals surface area contributed by atoms with Gasteiger partial charge in [0.2, 0.25) is 0 Å². The van der Waals surface area contributed by atoms with Gasteiger partial charge in [0.05, 0.1) is 0 Å². The molecule has 0 aromatic rings. The maximum absolute atomic E-state index is 9.78. The summed E-state index contributed by atoms with van der Waals surface area (Å²) in [5.74, 6) is 0. The molecule has 0 fully saturated rings. The van der Waals surface area contributed by atoms with Crippen LogP contribution in [0.3, 0.4) is 0 Å². The van der Waals surface area contributed by atoms with E-state index >= 15 is 0 Å². The Morgan fingerprint density at radius 3 is 2.38 bits per heavy atom. The zero-order chi connectivity index (χ0) is 5.70. The molecule has 0 N–H and O–H groups in total. The summed E-state index contributed by atoms with van der Waals surface area (Å²) in [4.78, 5) is 9.78. The molecule has 0 saturated heterocycles. The van der Waals surface area contributed by atoms with Crippen LogP contribution >= 0.6 is 8.03 Å². The summed E-state index contributed by atoms with van der Waals surface area (Å²) in [6.07, 6.45) is 2.45. The van der Waals surface area contributed by atoms with E-state index in [4.69, 9.17) is 0 Å². The first kappa shape index (κ1) is 11.7. The average molecular weight is 142 g/mol. The second-order valence-electron chi connectivity index (χ2n) is 1.20. The van der Waals surface area contributed by atoms with Crippen molar-refractivity contribution in [3.8, 4) is 0 Å². The molecule has 1 unspecified atom stereocenters. The first-order valence-electron chi connectivity index (χ1n) is 2.08. The van der Waals surface area contributed by atoms with E-state index < -0.39 is 8.03 Å². The molecule has 0 rings (SSSR count). The van der Waals surface area contributed by atoms with Gasteiger partial charge in [0.1, 0.15) is 0 Å². The molecule has 0 aliphatic carbocycles. The standard InChI is InChI=1S/C4H9O2P.Na/c1-2-3-4-7(5)6;/h2,7H,1,3-4H2,(H,5,6);/q;+1/p-1. The van der Waals surface area contributed by atoms with Gasteiger partial charge in [-0.25, -0.2) is 0 Å². The molecular formula is C4H8NaO2P. The number of hydrogen-bond acceptors (Lipinski definition) is 2. The molecule has 0 aromatic carbocycles. The van der Waals surface area contributed by atoms with Gasteiger partial charge in [-0.15, -0.1) is 6.58 Å². The van der Waals surface area contributed by atoms with Crippen molar-refractivity contribution in [3.63, 3.8) is 0 Å². The van der Waals surface area contributed by atoms with Gasteiger partial charge in [0, 0.05) is 8.03 Å². The average Bonchev–Trinajstić information content (AvgIpc) is 1.61. The molecule has 4 heteroatoms. The van der Waals surface area contributed by atoms with E-state index in [9.17, 15) is 9.46 Å². The summed E-state index contributed by atoms with van der Waals surface area (Å²) in [5, 5.41) is 0. The SMILES string of the molecule is C=CCC[PH](=O)[O-].[Na+]. The minimum absolute atomic E-state index is 0. The van der Waals surface area contributed by atoms with E-state index in [0.717, 1.165) is 0 Å². The van der Waals surface area contributed by atoms with Crippen LogP contribution in [-0.4, -0.2) is 6.16 Å². The predicted octanol–water partition coefficient (Wildman–Crippen LogP) is -2.60. The van der Waals surface area contributed by atoms with Crippen LogP contribution in [0.25, 0.3) is 0 Å². The molecule has 42 valence electrons. The van der Waals surface area contributed by atoms with Crippen LogP contribution in [0.2, 0.25) is 0 Å². The Morgan fingerprint density at radius 1 is 1.75 bits per heavy atom. The first-order valence-corrected chi connectivity index (χ1v) is 3.60. The smallest absolute Gasteiger partial charge is 0.802 e. The summed E-state index contributed by atoms with van der Waals surface area (Å²) in [5.41, 5.74) is 0. The maximum Gasteiger partial charge on any atom is 1.00 e. The molecule has 0 aliphatic heterocycles. The van der Waals surface area contributed by atoms with Crippen LogP contribution in [0.15, 0.2) is 12.7 Å². The van der Waals surface area contributed by atoms with Crippen molar-refractivity contribution in [2.75, 3.05) is 6.16 Å². The Kier molecular flexibility index (Phi) is 11.6. The molecule has 0 heterocycles. The number of allylic oxidation sites excluding steroid dienone is 1. The van der Waals surface area contributed by atoms with E-state index in [1.807, 2.05) is 0 Å². The molecule has 8 heavy (non-hydrogen) atoms. The van der Waals surface area contributed by atoms with Crippen molar-refractivity contribution in [2.45, 2.75) is 6.42 Å². The second kappa shape index (κ2) is 7.93. The zero-order valence-electron chi connectivity index (χ0n) is 5.02. The monoisotopic (exact) mass is 142 g/mol. The fourth-order valence-electron chi connectivity index (χ4n) is 0.220. The van der Waals surface area contributed by atoms with Crippen LogP contribution in [0.5, 0.6) is 0 Å². The summed E-state index contributed by atoms with van der Waals surface area (Å²) >= 11 is 0. The fourth-order valence-corrected chi connectivity index (χ4v) is 0.660. The van der Waals surface area contributed by atoms with Crippen molar-refractivity contribution < 1.29 is 39.0 Å². The van der Waals surface area contributed by atoms with E-state index in [2.05, 4.69) is 6.58 Å². The Morgan fingerprint density at radius 2 is 2.25 bits per heavy atom. The summed E-state index contributed by atoms with van der Waals surface area (Å²) in [6.45, 7) is 3.37. The molecule has 2 nitrogen and oxygen atoms in total. The van der Waals surface area contributed by atoms with Gasteiger partial charge in [-0.2, -0.15) is 0 Å². The number of hydrogen-bond donors (Lipinski definition) is 0. The largest absolute Gasteiger partial charge is 1.00 e. The van der Waals surface area contributed by atoms with Gasteiger partial charge in [0.15, 0.2) is 0 Å². The van der Waals surface area contributed by atoms with Gasteiger partial charge >= 0.3 is 29.6 Å². The van der Waals surface area contributed by atoms with E-state index in [1.54, 1.807) is 6.08 Å². The van der Waals surface area contributed by atoms with Crippen LogP contribution < -0.4 is 34.5 Å². The third-order valence-electron chi connectivity index (χ3n) is 0.553. The molecule has 0 amide bonds. The summed E-state index contributed by atoms with van der Waals surface area (Å²) in [6, 6.07) is 0. The van der Waals surface area contributed by atoms with Crippen molar-refractivity contribution in [1.82, 2.24) is 0 Å². The van der Waals surface area contributed by atoms with E-state index in [-0.39, 0.29) is 35.7 Å². The molecule has 0 aliphatic rings. The minimum Gasteiger partial charge on any atom is -0.802 e. The molecule has 0 saturated carbocycles. The predicted molar refractivity (Wildman–Crippen MR) is 28.7 cm³/mol. The fraction of sp³-hybridized carbons (Fsp3) is 0.500. The molecular weight excluding hydrogens is 134 g/mol. The van der Waals surface area contributed by atoms with Crippen molar-refractivity contribution in [2.24, 2.45) is 0 Å². The normalized spacial score (nSPS) is 11.6. The first-order chi connectivity index (χ1) is 3.27. The maximum atomic E-state index is 9.78. The molecule has 1 atom stereocenters. The zero-order valence-corrected chi connectivity index (χ0v) is 8.02. The van der Waals surface area contributed by atoms with Crippen molar-refractivity contribution >= 4 is 8.03 Å². The van der Waals surface area contributed by atoms with Gasteiger partial charge in [-0.05, 0) is 12.6 Å². The van der Waals surface area contributed by atoms with E-state index in [0.29, 0.717) is 6.42 Å². The van der Waals surface area contributed by atoms with Gasteiger partial charge in [0.25, 0.3) is 0 Å². The van der Waals surface area contributed by atoms with Crippen LogP contribution in [0.4, 0.5) is 0 Å². The Hall–Kier alpha value is 0.930. The van der Waals surface area contributed by atoms with Gasteiger partial charge in [-0.3, -0.25) is 0 Å². The summed E-state index contributed by atoms with van der Waals surface area (Å²) < 4.78 is 9.78. The Balaban J connectivity index is 0. The number of rotatable bonds is 3. The third-order valence-corrected chi connectivity index (χ3v) is 1.25. The summed E-state index contributed by atoms with van der Waals surface area (Å²) in [7, 11) is -2.47. The minimum atomic E-state index is -2.47. The molecule has 0 aromatic heterocycles. The third kappa shape index (κ3) is 10.0. The Bertz CT molecular complexity index is 84.1. The van der Waals surface area contributed by atoms with Crippen LogP contribution in [0, 0.1) is 0 Å². The molecule has 0 radical (unpaired) electrons. The quantitative estimate of drug-likeness (QED) is 0.246. The van der Waals surface area contributed by atoms with Crippen LogP contribution in [0.1, 0.15) is 6.42 Å². The van der Waals surface area contributed by atoms with Gasteiger partial charge in [-0.1, -0.05) is 6.08 Å². The van der Waals surface area contributed by atoms with E-state index in [1.165, 1.54) is 0 Å². The molecule has 0 spiro atoms. The van der Waals surface area contributed by atoms with Crippen LogP contribution in [-0.2, 0) is 4.57 Å². The van der Waals surface area contributed by atoms with Crippen molar-refractivity contribution in [3.05, 3.63) is 12.7 Å². The Labute approximate surface area is 72.1 Å². The van der Waals surface area contributed by atoms with Gasteiger partial charge < -0.3 is 9.46 Å². The van der Waals surface area contributed by atoms with Crippen molar-refractivity contribution in [1.29, 1.82) is 0 Å². The molecule has 0 bridgehead atoms. The topological polar surface area (TPSA) is 40.1 Å².